The predicted molar refractivity (Wildman–Crippen MR) is 84.9 cm³/mol. The van der Waals surface area contributed by atoms with E-state index in [9.17, 15) is 14.4 Å². The summed E-state index contributed by atoms with van der Waals surface area (Å²) in [6.07, 6.45) is 0.830. The molecule has 0 aromatic heterocycles. The van der Waals surface area contributed by atoms with Crippen molar-refractivity contribution >= 4 is 35.2 Å². The van der Waals surface area contributed by atoms with Crippen LogP contribution in [0.4, 0.5) is 5.69 Å². The van der Waals surface area contributed by atoms with Crippen molar-refractivity contribution in [2.75, 3.05) is 11.1 Å². The van der Waals surface area contributed by atoms with Crippen LogP contribution in [0.3, 0.4) is 0 Å². The number of aliphatic carboxylic acids is 1. The third kappa shape index (κ3) is 4.00. The molecule has 0 aliphatic carbocycles. The molecule has 22 heavy (non-hydrogen) atoms. The van der Waals surface area contributed by atoms with Crippen LogP contribution in [0.2, 0.25) is 0 Å². The number of benzene rings is 1. The maximum atomic E-state index is 12.1. The van der Waals surface area contributed by atoms with Crippen LogP contribution in [-0.4, -0.2) is 39.9 Å². The first-order valence-corrected chi connectivity index (χ1v) is 8.08. The van der Waals surface area contributed by atoms with E-state index in [1.54, 1.807) is 0 Å². The third-order valence-corrected chi connectivity index (χ3v) is 4.72. The highest BCUT2D eigenvalue weighted by Gasteiger charge is 2.33. The molecule has 1 aromatic carbocycles. The van der Waals surface area contributed by atoms with Crippen molar-refractivity contribution in [1.29, 1.82) is 0 Å². The van der Waals surface area contributed by atoms with Crippen LogP contribution in [0.25, 0.3) is 0 Å². The Labute approximate surface area is 132 Å². The first kappa shape index (κ1) is 16.4. The first-order valence-electron chi connectivity index (χ1n) is 7.03. The number of thioether (sulfide) groups is 1. The third-order valence-electron chi connectivity index (χ3n) is 3.41. The Bertz CT molecular complexity index is 591. The van der Waals surface area contributed by atoms with Crippen LogP contribution in [0, 0.1) is 0 Å². The number of hydrogen-bond donors (Lipinski definition) is 3. The molecule has 0 bridgehead atoms. The minimum absolute atomic E-state index is 0.0287. The van der Waals surface area contributed by atoms with Gasteiger partial charge in [0.05, 0.1) is 5.25 Å². The highest BCUT2D eigenvalue weighted by atomic mass is 32.2. The molecule has 7 heteroatoms. The lowest BCUT2D eigenvalue weighted by Gasteiger charge is -2.26. The van der Waals surface area contributed by atoms with Crippen LogP contribution in [0.15, 0.2) is 24.3 Å². The highest BCUT2D eigenvalue weighted by molar-refractivity contribution is 8.00. The summed E-state index contributed by atoms with van der Waals surface area (Å²) in [4.78, 5) is 34.8. The van der Waals surface area contributed by atoms with Gasteiger partial charge in [-0.1, -0.05) is 25.1 Å². The SMILES string of the molecule is CCc1ccccc1NC(=O)C[C@H]1SC[C@@H](C(=O)O)NC1=O. The molecule has 1 heterocycles. The van der Waals surface area contributed by atoms with E-state index in [0.717, 1.165) is 17.7 Å². The number of carboxylic acid groups (broad SMARTS) is 1. The quantitative estimate of drug-likeness (QED) is 0.758. The molecule has 6 nitrogen and oxygen atoms in total. The topological polar surface area (TPSA) is 95.5 Å². The van der Waals surface area contributed by atoms with Gasteiger partial charge in [0.25, 0.3) is 0 Å². The summed E-state index contributed by atoms with van der Waals surface area (Å²) in [6, 6.07) is 6.64. The summed E-state index contributed by atoms with van der Waals surface area (Å²) in [5.41, 5.74) is 1.78. The fourth-order valence-corrected chi connectivity index (χ4v) is 3.34. The highest BCUT2D eigenvalue weighted by Crippen LogP contribution is 2.22. The van der Waals surface area contributed by atoms with Crippen LogP contribution >= 0.6 is 11.8 Å². The number of para-hydroxylation sites is 1. The molecule has 2 amide bonds. The Kier molecular flexibility index (Phi) is 5.43. The van der Waals surface area contributed by atoms with Gasteiger partial charge in [-0.3, -0.25) is 9.59 Å². The molecule has 0 spiro atoms. The van der Waals surface area contributed by atoms with E-state index in [4.69, 9.17) is 5.11 Å². The number of amides is 2. The van der Waals surface area contributed by atoms with E-state index in [2.05, 4.69) is 10.6 Å². The summed E-state index contributed by atoms with van der Waals surface area (Å²) in [5.74, 6) is -1.43. The van der Waals surface area contributed by atoms with Crippen molar-refractivity contribution in [1.82, 2.24) is 5.32 Å². The van der Waals surface area contributed by atoms with Gasteiger partial charge in [-0.25, -0.2) is 4.79 Å². The molecule has 1 aliphatic rings. The smallest absolute Gasteiger partial charge is 0.327 e. The second kappa shape index (κ2) is 7.31. The minimum atomic E-state index is -1.05. The van der Waals surface area contributed by atoms with E-state index in [1.807, 2.05) is 31.2 Å². The zero-order valence-corrected chi connectivity index (χ0v) is 13.0. The largest absolute Gasteiger partial charge is 0.480 e. The maximum absolute atomic E-state index is 12.1. The molecule has 0 saturated carbocycles. The lowest BCUT2D eigenvalue weighted by atomic mass is 10.1. The van der Waals surface area contributed by atoms with Crippen LogP contribution in [0.1, 0.15) is 18.9 Å². The zero-order chi connectivity index (χ0) is 16.1. The Hall–Kier alpha value is -2.02. The molecule has 118 valence electrons. The summed E-state index contributed by atoms with van der Waals surface area (Å²) in [6.45, 7) is 2.00. The van der Waals surface area contributed by atoms with Gasteiger partial charge in [0.15, 0.2) is 0 Å². The van der Waals surface area contributed by atoms with Crippen LogP contribution < -0.4 is 10.6 Å². The van der Waals surface area contributed by atoms with E-state index >= 15 is 0 Å². The molecule has 0 unspecified atom stereocenters. The second-order valence-corrected chi connectivity index (χ2v) is 6.22. The Morgan fingerprint density at radius 2 is 2.14 bits per heavy atom. The maximum Gasteiger partial charge on any atom is 0.327 e. The normalized spacial score (nSPS) is 21.0. The summed E-state index contributed by atoms with van der Waals surface area (Å²) in [7, 11) is 0. The number of carbonyl (C=O) groups excluding carboxylic acids is 2. The molecule has 1 saturated heterocycles. The molecule has 0 radical (unpaired) electrons. The summed E-state index contributed by atoms with van der Waals surface area (Å²) < 4.78 is 0. The molecular formula is C15H18N2O4S. The second-order valence-electron chi connectivity index (χ2n) is 4.98. The van der Waals surface area contributed by atoms with Crippen molar-refractivity contribution in [3.8, 4) is 0 Å². The standard InChI is InChI=1S/C15H18N2O4S/c1-2-9-5-3-4-6-10(9)16-13(18)7-12-14(19)17-11(8-22-12)15(20)21/h3-6,11-12H,2,7-8H2,1H3,(H,16,18)(H,17,19)(H,20,21)/t11-,12+/m0/s1. The lowest BCUT2D eigenvalue weighted by Crippen LogP contribution is -2.51. The monoisotopic (exact) mass is 322 g/mol. The van der Waals surface area contributed by atoms with Gasteiger partial charge in [0.1, 0.15) is 6.04 Å². The molecule has 1 aromatic rings. The molecule has 1 aliphatic heterocycles. The number of aryl methyl sites for hydroxylation is 1. The van der Waals surface area contributed by atoms with Gasteiger partial charge >= 0.3 is 5.97 Å². The van der Waals surface area contributed by atoms with Gasteiger partial charge in [-0.2, -0.15) is 0 Å². The van der Waals surface area contributed by atoms with Gasteiger partial charge in [-0.05, 0) is 18.1 Å². The minimum Gasteiger partial charge on any atom is -0.480 e. The van der Waals surface area contributed by atoms with E-state index < -0.39 is 23.2 Å². The summed E-state index contributed by atoms with van der Waals surface area (Å²) >= 11 is 1.20. The van der Waals surface area contributed by atoms with E-state index in [1.165, 1.54) is 11.8 Å². The Balaban J connectivity index is 1.93. The first-order chi connectivity index (χ1) is 10.5. The van der Waals surface area contributed by atoms with Crippen molar-refractivity contribution < 1.29 is 19.5 Å². The Morgan fingerprint density at radius 1 is 1.41 bits per heavy atom. The molecule has 2 atom stereocenters. The number of carbonyl (C=O) groups is 3. The fourth-order valence-electron chi connectivity index (χ4n) is 2.20. The van der Waals surface area contributed by atoms with Crippen molar-refractivity contribution in [3.05, 3.63) is 29.8 Å². The van der Waals surface area contributed by atoms with E-state index in [-0.39, 0.29) is 18.1 Å². The number of hydrogen-bond acceptors (Lipinski definition) is 4. The predicted octanol–water partition coefficient (Wildman–Crippen LogP) is 1.26. The fraction of sp³-hybridized carbons (Fsp3) is 0.400. The zero-order valence-electron chi connectivity index (χ0n) is 12.2. The van der Waals surface area contributed by atoms with Crippen molar-refractivity contribution in [2.45, 2.75) is 31.1 Å². The number of nitrogens with one attached hydrogen (secondary N) is 2. The van der Waals surface area contributed by atoms with E-state index in [0.29, 0.717) is 0 Å². The number of anilines is 1. The molecule has 2 rings (SSSR count). The lowest BCUT2D eigenvalue weighted by molar-refractivity contribution is -0.141. The number of rotatable bonds is 5. The van der Waals surface area contributed by atoms with Crippen molar-refractivity contribution in [3.63, 3.8) is 0 Å². The molecule has 3 N–H and O–H groups in total. The van der Waals surface area contributed by atoms with Crippen LogP contribution in [-0.2, 0) is 20.8 Å². The van der Waals surface area contributed by atoms with Gasteiger partial charge in [-0.15, -0.1) is 11.8 Å². The van der Waals surface area contributed by atoms with Crippen molar-refractivity contribution in [2.24, 2.45) is 0 Å². The van der Waals surface area contributed by atoms with Gasteiger partial charge < -0.3 is 15.7 Å². The van der Waals surface area contributed by atoms with Gasteiger partial charge in [0, 0.05) is 17.9 Å². The average Bonchev–Trinajstić information content (AvgIpc) is 2.49. The molecule has 1 fully saturated rings. The summed E-state index contributed by atoms with van der Waals surface area (Å²) in [5, 5.41) is 13.6. The average molecular weight is 322 g/mol. The number of carboxylic acids is 1. The Morgan fingerprint density at radius 3 is 2.77 bits per heavy atom. The molecular weight excluding hydrogens is 304 g/mol. The van der Waals surface area contributed by atoms with Gasteiger partial charge in [0.2, 0.25) is 11.8 Å². The van der Waals surface area contributed by atoms with Crippen LogP contribution in [0.5, 0.6) is 0 Å².